The highest BCUT2D eigenvalue weighted by molar-refractivity contribution is 5.70. The van der Waals surface area contributed by atoms with Crippen LogP contribution in [-0.2, 0) is 19.1 Å². The summed E-state index contributed by atoms with van der Waals surface area (Å²) in [6.07, 6.45) is 95.9. The number of esters is 2. The van der Waals surface area contributed by atoms with E-state index in [1.165, 1.54) is 321 Å². The van der Waals surface area contributed by atoms with Crippen LogP contribution >= 0.6 is 0 Å². The van der Waals surface area contributed by atoms with Crippen LogP contribution in [-0.4, -0.2) is 36.4 Å². The van der Waals surface area contributed by atoms with Crippen molar-refractivity contribution in [1.29, 1.82) is 0 Å². The summed E-state index contributed by atoms with van der Waals surface area (Å²) in [5.41, 5.74) is 0. The minimum atomic E-state index is -0.771. The van der Waals surface area contributed by atoms with Crippen molar-refractivity contribution in [3.8, 4) is 0 Å². The number of carbonyl (C=O) groups is 2. The Labute approximate surface area is 500 Å². The minimum absolute atomic E-state index is 0.0598. The number of hydrogen-bond acceptors (Lipinski definition) is 5. The van der Waals surface area contributed by atoms with E-state index in [0.717, 1.165) is 51.4 Å². The number of aliphatic hydroxyl groups excluding tert-OH is 1. The van der Waals surface area contributed by atoms with Crippen LogP contribution in [0.3, 0.4) is 0 Å². The van der Waals surface area contributed by atoms with E-state index in [2.05, 4.69) is 62.5 Å². The van der Waals surface area contributed by atoms with Gasteiger partial charge in [0.1, 0.15) is 6.61 Å². The van der Waals surface area contributed by atoms with Gasteiger partial charge in [-0.05, 0) is 77.0 Å². The fourth-order valence-electron chi connectivity index (χ4n) is 11.2. The lowest BCUT2D eigenvalue weighted by Gasteiger charge is -2.15. The molecule has 1 unspecified atom stereocenters. The van der Waals surface area contributed by atoms with Gasteiger partial charge in [-0.3, -0.25) is 9.59 Å². The van der Waals surface area contributed by atoms with E-state index in [-0.39, 0.29) is 25.2 Å². The van der Waals surface area contributed by atoms with Crippen molar-refractivity contribution in [2.24, 2.45) is 0 Å². The summed E-state index contributed by atoms with van der Waals surface area (Å²) < 4.78 is 10.8. The van der Waals surface area contributed by atoms with Gasteiger partial charge in [-0.1, -0.05) is 358 Å². The maximum absolute atomic E-state index is 12.4. The van der Waals surface area contributed by atoms with Gasteiger partial charge in [0.25, 0.3) is 0 Å². The van der Waals surface area contributed by atoms with Crippen LogP contribution in [0.25, 0.3) is 0 Å². The first kappa shape index (κ1) is 77.9. The van der Waals surface area contributed by atoms with E-state index < -0.39 is 6.10 Å². The molecule has 0 heterocycles. The second-order valence-corrected chi connectivity index (χ2v) is 24.7. The second-order valence-electron chi connectivity index (χ2n) is 24.7. The molecule has 0 radical (unpaired) electrons. The molecule has 0 saturated carbocycles. The van der Waals surface area contributed by atoms with Crippen molar-refractivity contribution in [2.45, 2.75) is 405 Å². The molecule has 5 heteroatoms. The summed E-state index contributed by atoms with van der Waals surface area (Å²) in [5, 5.41) is 9.71. The van der Waals surface area contributed by atoms with E-state index in [4.69, 9.17) is 9.47 Å². The smallest absolute Gasteiger partial charge is 0.306 e. The molecule has 0 aliphatic heterocycles. The molecule has 1 N–H and O–H groups in total. The molecule has 0 bridgehead atoms. The maximum Gasteiger partial charge on any atom is 0.306 e. The van der Waals surface area contributed by atoms with E-state index in [0.29, 0.717) is 12.8 Å². The lowest BCUT2D eigenvalue weighted by molar-refractivity contribution is -0.161. The molecule has 0 saturated heterocycles. The molecular weight excluding hydrogens is 981 g/mol. The molecule has 470 valence electrons. The normalized spacial score (nSPS) is 12.4. The zero-order valence-corrected chi connectivity index (χ0v) is 54.1. The van der Waals surface area contributed by atoms with E-state index >= 15 is 0 Å². The fraction of sp³-hybridized carbons (Fsp3) is 0.867. The molecule has 0 rings (SSSR count). The van der Waals surface area contributed by atoms with Crippen LogP contribution in [0.5, 0.6) is 0 Å². The Bertz CT molecular complexity index is 1320. The summed E-state index contributed by atoms with van der Waals surface area (Å²) in [6, 6.07) is 0. The third-order valence-electron chi connectivity index (χ3n) is 16.6. The van der Waals surface area contributed by atoms with Crippen LogP contribution in [0.1, 0.15) is 399 Å². The van der Waals surface area contributed by atoms with Crippen LogP contribution in [0.4, 0.5) is 0 Å². The minimum Gasteiger partial charge on any atom is -0.462 e. The first-order chi connectivity index (χ1) is 39.6. The average Bonchev–Trinajstić information content (AvgIpc) is 3.46. The van der Waals surface area contributed by atoms with Gasteiger partial charge >= 0.3 is 11.9 Å². The fourth-order valence-corrected chi connectivity index (χ4v) is 11.2. The largest absolute Gasteiger partial charge is 0.462 e. The molecule has 5 nitrogen and oxygen atoms in total. The second kappa shape index (κ2) is 71.1. The predicted molar refractivity (Wildman–Crippen MR) is 353 cm³/mol. The highest BCUT2D eigenvalue weighted by Crippen LogP contribution is 2.19. The number of carbonyl (C=O) groups excluding carboxylic acids is 2. The summed E-state index contributed by atoms with van der Waals surface area (Å²) >= 11 is 0. The molecule has 0 spiro atoms. The Morgan fingerprint density at radius 2 is 0.500 bits per heavy atom. The highest BCUT2D eigenvalue weighted by atomic mass is 16.6. The maximum atomic E-state index is 12.4. The topological polar surface area (TPSA) is 72.8 Å². The summed E-state index contributed by atoms with van der Waals surface area (Å²) in [6.45, 7) is 4.18. The Morgan fingerprint density at radius 1 is 0.287 bits per heavy atom. The molecule has 0 aromatic carbocycles. The van der Waals surface area contributed by atoms with E-state index in [1.54, 1.807) is 0 Å². The van der Waals surface area contributed by atoms with Gasteiger partial charge in [0.15, 0.2) is 6.10 Å². The number of hydrogen-bond donors (Lipinski definition) is 1. The highest BCUT2D eigenvalue weighted by Gasteiger charge is 2.16. The first-order valence-corrected chi connectivity index (χ1v) is 36.2. The van der Waals surface area contributed by atoms with Crippen LogP contribution < -0.4 is 0 Å². The molecule has 80 heavy (non-hydrogen) atoms. The van der Waals surface area contributed by atoms with Crippen molar-refractivity contribution in [3.05, 3.63) is 48.6 Å². The lowest BCUT2D eigenvalue weighted by atomic mass is 10.0. The van der Waals surface area contributed by atoms with Crippen molar-refractivity contribution < 1.29 is 24.2 Å². The molecule has 0 aromatic rings. The SMILES string of the molecule is CCCCCCC/C=C\C/C=C\CCCCCCCCCCCCCCCCCCCCCCCC(=O)OCC(CO)OC(=O)CCCCCCCCCCCCCCCCCCCCCCC/C=C\C/C=C\CCCCCCC. The van der Waals surface area contributed by atoms with Gasteiger partial charge in [-0.15, -0.1) is 0 Å². The number of allylic oxidation sites excluding steroid dienone is 8. The molecule has 0 amide bonds. The molecule has 0 fully saturated rings. The number of aliphatic hydroxyl groups is 1. The van der Waals surface area contributed by atoms with Crippen LogP contribution in [0.15, 0.2) is 48.6 Å². The van der Waals surface area contributed by atoms with Crippen molar-refractivity contribution in [2.75, 3.05) is 13.2 Å². The Morgan fingerprint density at radius 3 is 0.738 bits per heavy atom. The standard InChI is InChI=1S/C75H140O5/c1-3-5-7-9-11-13-15-17-19-21-23-25-27-29-31-33-35-37-39-41-43-45-47-49-51-53-55-57-59-61-63-65-67-69-74(77)79-72-73(71-76)80-75(78)70-68-66-64-62-60-58-56-54-52-50-48-46-44-42-40-38-36-34-32-30-28-26-24-22-20-18-16-14-12-10-8-6-4-2/h15-18,21-24,73,76H,3-14,19-20,25-72H2,1-2H3/b17-15-,18-16-,23-21-,24-22-. The zero-order chi connectivity index (χ0) is 57.6. The lowest BCUT2D eigenvalue weighted by Crippen LogP contribution is -2.28. The number of rotatable bonds is 68. The molecule has 1 atom stereocenters. The monoisotopic (exact) mass is 1120 g/mol. The van der Waals surface area contributed by atoms with E-state index in [1.807, 2.05) is 0 Å². The number of ether oxygens (including phenoxy) is 2. The van der Waals surface area contributed by atoms with Crippen LogP contribution in [0.2, 0.25) is 0 Å². The molecule has 0 aromatic heterocycles. The van der Waals surface area contributed by atoms with Gasteiger partial charge < -0.3 is 14.6 Å². The molecule has 0 aliphatic rings. The average molecular weight is 1120 g/mol. The van der Waals surface area contributed by atoms with Crippen molar-refractivity contribution >= 4 is 11.9 Å². The summed E-state index contributed by atoms with van der Waals surface area (Å²) in [5.74, 6) is -0.566. The Hall–Kier alpha value is -2.14. The zero-order valence-electron chi connectivity index (χ0n) is 54.1. The molecule has 0 aliphatic carbocycles. The first-order valence-electron chi connectivity index (χ1n) is 36.2. The van der Waals surface area contributed by atoms with Gasteiger partial charge in [0.05, 0.1) is 6.61 Å². The summed E-state index contributed by atoms with van der Waals surface area (Å²) in [7, 11) is 0. The van der Waals surface area contributed by atoms with Crippen LogP contribution in [0, 0.1) is 0 Å². The quantitative estimate of drug-likeness (QED) is 0.0373. The van der Waals surface area contributed by atoms with Gasteiger partial charge in [-0.2, -0.15) is 0 Å². The summed E-state index contributed by atoms with van der Waals surface area (Å²) in [4.78, 5) is 24.7. The molecular formula is C75H140O5. The van der Waals surface area contributed by atoms with Gasteiger partial charge in [0, 0.05) is 12.8 Å². The van der Waals surface area contributed by atoms with Gasteiger partial charge in [0.2, 0.25) is 0 Å². The van der Waals surface area contributed by atoms with E-state index in [9.17, 15) is 14.7 Å². The third-order valence-corrected chi connectivity index (χ3v) is 16.6. The predicted octanol–water partition coefficient (Wildman–Crippen LogP) is 25.1. The third kappa shape index (κ3) is 68.4. The van der Waals surface area contributed by atoms with Gasteiger partial charge in [-0.25, -0.2) is 0 Å². The van der Waals surface area contributed by atoms with Crippen molar-refractivity contribution in [1.82, 2.24) is 0 Å². The Kier molecular flexibility index (Phi) is 69.2. The Balaban J connectivity index is 3.39. The number of unbranched alkanes of at least 4 members (excludes halogenated alkanes) is 52. The van der Waals surface area contributed by atoms with Crippen molar-refractivity contribution in [3.63, 3.8) is 0 Å².